The van der Waals surface area contributed by atoms with Crippen LogP contribution in [0.25, 0.3) is 0 Å². The number of imide groups is 1. The van der Waals surface area contributed by atoms with Crippen LogP contribution in [0.3, 0.4) is 0 Å². The summed E-state index contributed by atoms with van der Waals surface area (Å²) in [6.45, 7) is 0. The van der Waals surface area contributed by atoms with Crippen LogP contribution >= 0.6 is 0 Å². The summed E-state index contributed by atoms with van der Waals surface area (Å²) in [4.78, 5) is 35.9. The van der Waals surface area contributed by atoms with E-state index in [1.54, 1.807) is 0 Å². The molecule has 106 valence electrons. The number of carbonyl (C=O) groups is 3. The number of halogens is 1. The number of esters is 1. The number of rotatable bonds is 4. The molecule has 1 aliphatic rings. The van der Waals surface area contributed by atoms with Crippen molar-refractivity contribution in [2.24, 2.45) is 0 Å². The first-order valence-corrected chi connectivity index (χ1v) is 6.00. The van der Waals surface area contributed by atoms with E-state index >= 15 is 0 Å². The summed E-state index contributed by atoms with van der Waals surface area (Å²) < 4.78 is 17.3. The fraction of sp³-hybridized carbons (Fsp3) is 0.308. The van der Waals surface area contributed by atoms with Gasteiger partial charge in [0.05, 0.1) is 12.8 Å². The molecule has 1 fully saturated rings. The van der Waals surface area contributed by atoms with Gasteiger partial charge in [0.2, 0.25) is 0 Å². The Balaban J connectivity index is 2.09. The van der Waals surface area contributed by atoms with Gasteiger partial charge in [0.1, 0.15) is 11.9 Å². The first-order chi connectivity index (χ1) is 9.52. The lowest BCUT2D eigenvalue weighted by Crippen LogP contribution is -2.31. The molecule has 1 aromatic rings. The summed E-state index contributed by atoms with van der Waals surface area (Å²) in [5.74, 6) is -1.37. The van der Waals surface area contributed by atoms with Gasteiger partial charge in [-0.05, 0) is 30.7 Å². The number of amides is 3. The third kappa shape index (κ3) is 2.76. The number of nitrogens with one attached hydrogen (secondary N) is 1. The van der Waals surface area contributed by atoms with Crippen molar-refractivity contribution in [3.8, 4) is 0 Å². The molecule has 1 saturated heterocycles. The largest absolute Gasteiger partial charge is 0.469 e. The quantitative estimate of drug-likeness (QED) is 0.664. The number of hydrogen-bond donors (Lipinski definition) is 1. The van der Waals surface area contributed by atoms with Crippen LogP contribution in [0.4, 0.5) is 14.9 Å². The fourth-order valence-electron chi connectivity index (χ4n) is 1.93. The summed E-state index contributed by atoms with van der Waals surface area (Å²) in [5.41, 5.74) is 0.287. The monoisotopic (exact) mass is 280 g/mol. The van der Waals surface area contributed by atoms with E-state index < -0.39 is 29.8 Å². The highest BCUT2D eigenvalue weighted by Crippen LogP contribution is 2.21. The standard InChI is InChI=1S/C13H13FN2O4/c1-20-11(17)7-6-10-12(18)16(13(19)15-10)9-4-2-8(14)3-5-9/h2-5,10H,6-7H2,1H3,(H,15,19)/t10-/m1/s1. The lowest BCUT2D eigenvalue weighted by atomic mass is 10.1. The third-order valence-electron chi connectivity index (χ3n) is 2.97. The van der Waals surface area contributed by atoms with Gasteiger partial charge < -0.3 is 10.1 Å². The molecule has 1 atom stereocenters. The second-order valence-corrected chi connectivity index (χ2v) is 4.27. The molecule has 0 aromatic heterocycles. The lowest BCUT2D eigenvalue weighted by Gasteiger charge is -2.12. The Labute approximate surface area is 114 Å². The van der Waals surface area contributed by atoms with Gasteiger partial charge >= 0.3 is 12.0 Å². The molecule has 3 amide bonds. The normalized spacial score (nSPS) is 18.1. The number of urea groups is 1. The Hall–Kier alpha value is -2.44. The van der Waals surface area contributed by atoms with E-state index in [1.165, 1.54) is 19.2 Å². The molecule has 20 heavy (non-hydrogen) atoms. The highest BCUT2D eigenvalue weighted by atomic mass is 19.1. The lowest BCUT2D eigenvalue weighted by molar-refractivity contribution is -0.140. The first kappa shape index (κ1) is 14.0. The molecule has 0 bridgehead atoms. The van der Waals surface area contributed by atoms with Crippen molar-refractivity contribution in [3.63, 3.8) is 0 Å². The summed E-state index contributed by atoms with van der Waals surface area (Å²) in [6.07, 6.45) is 0.194. The highest BCUT2D eigenvalue weighted by molar-refractivity contribution is 6.21. The Kier molecular flexibility index (Phi) is 3.97. The van der Waals surface area contributed by atoms with Crippen LogP contribution in [0.2, 0.25) is 0 Å². The molecule has 1 aromatic carbocycles. The minimum atomic E-state index is -0.772. The maximum Gasteiger partial charge on any atom is 0.329 e. The van der Waals surface area contributed by atoms with Crippen LogP contribution < -0.4 is 10.2 Å². The van der Waals surface area contributed by atoms with Gasteiger partial charge in [-0.2, -0.15) is 0 Å². The van der Waals surface area contributed by atoms with Gasteiger partial charge in [-0.25, -0.2) is 14.1 Å². The van der Waals surface area contributed by atoms with E-state index in [2.05, 4.69) is 10.1 Å². The number of ether oxygens (including phenoxy) is 1. The number of hydrogen-bond acceptors (Lipinski definition) is 4. The third-order valence-corrected chi connectivity index (χ3v) is 2.97. The van der Waals surface area contributed by atoms with Crippen LogP contribution in [0.5, 0.6) is 0 Å². The molecule has 0 spiro atoms. The molecule has 0 saturated carbocycles. The summed E-state index contributed by atoms with van der Waals surface area (Å²) in [7, 11) is 1.25. The number of methoxy groups -OCH3 is 1. The number of carbonyl (C=O) groups excluding carboxylic acids is 3. The van der Waals surface area contributed by atoms with Gasteiger partial charge in [0.25, 0.3) is 5.91 Å². The van der Waals surface area contributed by atoms with E-state index in [1.807, 2.05) is 0 Å². The van der Waals surface area contributed by atoms with Crippen molar-refractivity contribution in [2.75, 3.05) is 12.0 Å². The second-order valence-electron chi connectivity index (χ2n) is 4.27. The van der Waals surface area contributed by atoms with Crippen molar-refractivity contribution in [1.82, 2.24) is 5.32 Å². The Morgan fingerprint density at radius 1 is 1.35 bits per heavy atom. The van der Waals surface area contributed by atoms with Crippen molar-refractivity contribution < 1.29 is 23.5 Å². The van der Waals surface area contributed by atoms with E-state index in [-0.39, 0.29) is 18.5 Å². The van der Waals surface area contributed by atoms with Gasteiger partial charge in [-0.1, -0.05) is 0 Å². The van der Waals surface area contributed by atoms with Crippen molar-refractivity contribution >= 4 is 23.6 Å². The predicted octanol–water partition coefficient (Wildman–Crippen LogP) is 1.20. The van der Waals surface area contributed by atoms with Crippen molar-refractivity contribution in [3.05, 3.63) is 30.1 Å². The van der Waals surface area contributed by atoms with Crippen molar-refractivity contribution in [1.29, 1.82) is 0 Å². The maximum absolute atomic E-state index is 12.8. The molecular formula is C13H13FN2O4. The molecule has 2 rings (SSSR count). The van der Waals surface area contributed by atoms with Gasteiger partial charge in [-0.3, -0.25) is 9.59 Å². The molecule has 1 aliphatic heterocycles. The van der Waals surface area contributed by atoms with E-state index in [4.69, 9.17) is 0 Å². The SMILES string of the molecule is COC(=O)CC[C@H]1NC(=O)N(c2ccc(F)cc2)C1=O. The summed E-state index contributed by atoms with van der Waals surface area (Å²) >= 11 is 0. The molecule has 0 aliphatic carbocycles. The minimum Gasteiger partial charge on any atom is -0.469 e. The van der Waals surface area contributed by atoms with Crippen molar-refractivity contribution in [2.45, 2.75) is 18.9 Å². The zero-order chi connectivity index (χ0) is 14.7. The first-order valence-electron chi connectivity index (χ1n) is 6.00. The molecule has 6 nitrogen and oxygen atoms in total. The van der Waals surface area contributed by atoms with Gasteiger partial charge in [0, 0.05) is 6.42 Å². The van der Waals surface area contributed by atoms with Gasteiger partial charge in [0.15, 0.2) is 0 Å². The molecule has 7 heteroatoms. The zero-order valence-electron chi connectivity index (χ0n) is 10.8. The van der Waals surface area contributed by atoms with E-state index in [0.717, 1.165) is 17.0 Å². The smallest absolute Gasteiger partial charge is 0.329 e. The Morgan fingerprint density at radius 3 is 2.60 bits per heavy atom. The number of benzene rings is 1. The summed E-state index contributed by atoms with van der Waals surface area (Å²) in [6, 6.07) is 3.66. The van der Waals surface area contributed by atoms with E-state index in [0.29, 0.717) is 0 Å². The summed E-state index contributed by atoms with van der Waals surface area (Å²) in [5, 5.41) is 2.48. The van der Waals surface area contributed by atoms with Crippen LogP contribution in [-0.2, 0) is 14.3 Å². The van der Waals surface area contributed by atoms with Crippen LogP contribution in [0, 0.1) is 5.82 Å². The zero-order valence-corrected chi connectivity index (χ0v) is 10.8. The Morgan fingerprint density at radius 2 is 2.00 bits per heavy atom. The van der Waals surface area contributed by atoms with Crippen LogP contribution in [-0.4, -0.2) is 31.1 Å². The van der Waals surface area contributed by atoms with Crippen LogP contribution in [0.15, 0.2) is 24.3 Å². The van der Waals surface area contributed by atoms with Gasteiger partial charge in [-0.15, -0.1) is 0 Å². The molecule has 1 N–H and O–H groups in total. The average Bonchev–Trinajstić information content (AvgIpc) is 2.72. The second kappa shape index (κ2) is 5.68. The number of nitrogens with zero attached hydrogens (tertiary/aromatic N) is 1. The molecule has 0 radical (unpaired) electrons. The fourth-order valence-corrected chi connectivity index (χ4v) is 1.93. The molecular weight excluding hydrogens is 267 g/mol. The van der Waals surface area contributed by atoms with Crippen LogP contribution in [0.1, 0.15) is 12.8 Å². The minimum absolute atomic E-state index is 0.0322. The number of anilines is 1. The van der Waals surface area contributed by atoms with E-state index in [9.17, 15) is 18.8 Å². The highest BCUT2D eigenvalue weighted by Gasteiger charge is 2.38. The Bertz CT molecular complexity index is 544. The molecule has 0 unspecified atom stereocenters. The maximum atomic E-state index is 12.8. The average molecular weight is 280 g/mol. The predicted molar refractivity (Wildman–Crippen MR) is 67.5 cm³/mol. The topological polar surface area (TPSA) is 75.7 Å². The molecule has 1 heterocycles.